The molecule has 0 aliphatic heterocycles. The van der Waals surface area contributed by atoms with E-state index in [0.717, 1.165) is 43.4 Å². The molecule has 391 valence electrons. The molecule has 20 nitrogen and oxygen atoms in total. The van der Waals surface area contributed by atoms with Crippen molar-refractivity contribution in [2.24, 2.45) is 0 Å². The number of nitrogens with two attached hydrogens (primary N) is 1. The molecule has 6 N–H and O–H groups in total. The standard InChI is InChI=1S/C18H16N2O5S.C17H14N2O5S.C10H9NO4S.C7H9N.B/c1-10-6-4-5-7-12(10)19-18(23)20(2)15-9-13-14(26-15)8-11(16(21)24-3)17(22)25-13;1-9-5-3-4-6-11(9)18-17(23)19(2)14-8-12-13(25-14)7-10(15(20)21)16(22)24-12;1-11-8-4-6-7(16-8)3-5(9(12)14-2)10(13)15-6;1-6-4-2-3-5-7(6)8;/h4-9H,1-3H3,(H,19,23);3-8H,1-2H3,(H,18,23)(H,20,21);3-4,11H,1-2H3;2-5H,8H2,1H3;. The maximum absolute atomic E-state index is 12.5. The monoisotopic (exact) mass is 1090 g/mol. The number of ether oxygens (including phenoxy) is 2. The highest BCUT2D eigenvalue weighted by Crippen LogP contribution is 2.34. The number of methoxy groups -OCH3 is 2. The maximum atomic E-state index is 12.5. The molecule has 3 aromatic carbocycles. The predicted molar refractivity (Wildman–Crippen MR) is 299 cm³/mol. The zero-order valence-electron chi connectivity index (χ0n) is 41.9. The molecule has 4 amide bonds. The second-order valence-electron chi connectivity index (χ2n) is 15.8. The first-order valence-electron chi connectivity index (χ1n) is 22.1. The highest BCUT2D eigenvalue weighted by Gasteiger charge is 2.21. The van der Waals surface area contributed by atoms with Crippen LogP contribution in [0.25, 0.3) is 30.8 Å². The molecular formula is C52H48BN6O14S3. The first kappa shape index (κ1) is 57.9. The fourth-order valence-corrected chi connectivity index (χ4v) is 9.30. The number of hydrogen-bond donors (Lipinski definition) is 5. The number of carboxylic acid groups (broad SMARTS) is 1. The molecule has 6 aromatic heterocycles. The molecule has 0 aliphatic rings. The van der Waals surface area contributed by atoms with Gasteiger partial charge < -0.3 is 49.5 Å². The molecule has 9 rings (SSSR count). The van der Waals surface area contributed by atoms with Crippen molar-refractivity contribution >= 4 is 135 Å². The number of carbonyl (C=O) groups is 5. The Morgan fingerprint density at radius 3 is 1.29 bits per heavy atom. The number of benzene rings is 3. The van der Waals surface area contributed by atoms with Crippen LogP contribution in [0.3, 0.4) is 0 Å². The van der Waals surface area contributed by atoms with Crippen molar-refractivity contribution < 1.29 is 51.8 Å². The number of amides is 4. The van der Waals surface area contributed by atoms with Gasteiger partial charge in [-0.15, -0.1) is 34.0 Å². The number of nitrogen functional groups attached to an aromatic ring is 1. The van der Waals surface area contributed by atoms with Gasteiger partial charge in [0.15, 0.2) is 16.7 Å². The van der Waals surface area contributed by atoms with Gasteiger partial charge in [-0.05, 0) is 73.9 Å². The van der Waals surface area contributed by atoms with Crippen molar-refractivity contribution in [2.75, 3.05) is 66.8 Å². The zero-order valence-corrected chi connectivity index (χ0v) is 44.4. The average Bonchev–Trinajstić information content (AvgIpc) is 4.13. The summed E-state index contributed by atoms with van der Waals surface area (Å²) in [6, 6.07) is 30.9. The van der Waals surface area contributed by atoms with Gasteiger partial charge in [-0.3, -0.25) is 9.80 Å². The Morgan fingerprint density at radius 2 is 0.921 bits per heavy atom. The molecule has 0 bridgehead atoms. The topological polar surface area (TPSA) is 283 Å². The number of carbonyl (C=O) groups excluding carboxylic acids is 4. The van der Waals surface area contributed by atoms with E-state index in [0.29, 0.717) is 41.9 Å². The fraction of sp³-hybridized carbons (Fsp3) is 0.154. The average molecular weight is 1090 g/mol. The largest absolute Gasteiger partial charge is 0.477 e. The second kappa shape index (κ2) is 25.8. The van der Waals surface area contributed by atoms with Gasteiger partial charge in [0.2, 0.25) is 0 Å². The molecule has 6 heterocycles. The molecular weight excluding hydrogens is 1040 g/mol. The Morgan fingerprint density at radius 1 is 0.553 bits per heavy atom. The number of urea groups is 2. The fourth-order valence-electron chi connectivity index (χ4n) is 6.43. The number of esters is 2. The zero-order chi connectivity index (χ0) is 54.7. The van der Waals surface area contributed by atoms with E-state index in [-0.39, 0.29) is 37.2 Å². The molecule has 0 saturated heterocycles. The lowest BCUT2D eigenvalue weighted by atomic mass is 10.2. The molecule has 0 aliphatic carbocycles. The quantitative estimate of drug-likeness (QED) is 0.0537. The van der Waals surface area contributed by atoms with Crippen molar-refractivity contribution in [1.29, 1.82) is 0 Å². The van der Waals surface area contributed by atoms with Crippen molar-refractivity contribution in [3.05, 3.63) is 174 Å². The van der Waals surface area contributed by atoms with Crippen LogP contribution in [-0.2, 0) is 9.47 Å². The number of nitrogens with zero attached hydrogens (tertiary/aromatic N) is 2. The normalized spacial score (nSPS) is 10.3. The lowest BCUT2D eigenvalue weighted by molar-refractivity contribution is 0.0587. The number of anilines is 6. The van der Waals surface area contributed by atoms with Gasteiger partial charge in [0.25, 0.3) is 0 Å². The molecule has 0 atom stereocenters. The lowest BCUT2D eigenvalue weighted by Crippen LogP contribution is -2.30. The van der Waals surface area contributed by atoms with Gasteiger partial charge in [0.05, 0.1) is 33.3 Å². The van der Waals surface area contributed by atoms with E-state index in [4.69, 9.17) is 24.1 Å². The number of aromatic carboxylic acids is 1. The van der Waals surface area contributed by atoms with Crippen molar-refractivity contribution in [3.8, 4) is 0 Å². The van der Waals surface area contributed by atoms with Crippen LogP contribution >= 0.6 is 34.0 Å². The summed E-state index contributed by atoms with van der Waals surface area (Å²) in [6.07, 6.45) is 0. The second-order valence-corrected chi connectivity index (χ2v) is 19.0. The van der Waals surface area contributed by atoms with Gasteiger partial charge in [0, 0.05) is 64.8 Å². The third kappa shape index (κ3) is 14.0. The molecule has 0 spiro atoms. The minimum Gasteiger partial charge on any atom is -0.477 e. The number of fused-ring (bicyclic) bond motifs is 3. The van der Waals surface area contributed by atoms with Gasteiger partial charge in [0.1, 0.15) is 26.7 Å². The Hall–Kier alpha value is -9.00. The third-order valence-electron chi connectivity index (χ3n) is 10.8. The van der Waals surface area contributed by atoms with E-state index in [1.54, 1.807) is 39.3 Å². The number of aryl methyl sites for hydroxylation is 3. The number of thiophene rings is 3. The molecule has 0 fully saturated rings. The summed E-state index contributed by atoms with van der Waals surface area (Å²) < 4.78 is 26.0. The van der Waals surface area contributed by atoms with E-state index in [2.05, 4.69) is 25.4 Å². The van der Waals surface area contributed by atoms with Gasteiger partial charge in [-0.2, -0.15) is 0 Å². The van der Waals surface area contributed by atoms with Gasteiger partial charge >= 0.3 is 46.8 Å². The summed E-state index contributed by atoms with van der Waals surface area (Å²) >= 11 is 3.78. The maximum Gasteiger partial charge on any atom is 0.351 e. The molecule has 24 heteroatoms. The van der Waals surface area contributed by atoms with Crippen LogP contribution < -0.4 is 48.4 Å². The van der Waals surface area contributed by atoms with E-state index < -0.39 is 40.3 Å². The number of carboxylic acids is 1. The molecule has 0 unspecified atom stereocenters. The van der Waals surface area contributed by atoms with Crippen LogP contribution in [0.2, 0.25) is 0 Å². The summed E-state index contributed by atoms with van der Waals surface area (Å²) in [5.74, 6) is -2.80. The molecule has 76 heavy (non-hydrogen) atoms. The minimum absolute atomic E-state index is 0. The molecule has 3 radical (unpaired) electrons. The summed E-state index contributed by atoms with van der Waals surface area (Å²) in [5.41, 5.74) is 8.74. The van der Waals surface area contributed by atoms with Crippen molar-refractivity contribution in [2.45, 2.75) is 20.8 Å². The first-order valence-corrected chi connectivity index (χ1v) is 24.5. The Bertz CT molecular complexity index is 3760. The highest BCUT2D eigenvalue weighted by molar-refractivity contribution is 7.23. The molecule has 9 aromatic rings. The van der Waals surface area contributed by atoms with Crippen LogP contribution in [-0.4, -0.2) is 78.9 Å². The van der Waals surface area contributed by atoms with Gasteiger partial charge in [-0.25, -0.2) is 38.4 Å². The summed E-state index contributed by atoms with van der Waals surface area (Å²) in [4.78, 5) is 96.5. The number of hydrogen-bond acceptors (Lipinski definition) is 18. The van der Waals surface area contributed by atoms with E-state index in [1.807, 2.05) is 87.5 Å². The summed E-state index contributed by atoms with van der Waals surface area (Å²) in [7, 11) is 7.37. The lowest BCUT2D eigenvalue weighted by Gasteiger charge is -2.16. The van der Waals surface area contributed by atoms with Crippen LogP contribution in [0.1, 0.15) is 47.8 Å². The van der Waals surface area contributed by atoms with E-state index in [1.165, 1.54) is 71.0 Å². The summed E-state index contributed by atoms with van der Waals surface area (Å²) in [6.45, 7) is 5.78. The van der Waals surface area contributed by atoms with Crippen molar-refractivity contribution in [3.63, 3.8) is 0 Å². The predicted octanol–water partition coefficient (Wildman–Crippen LogP) is 10.0. The number of para-hydroxylation sites is 3. The third-order valence-corrected chi connectivity index (χ3v) is 14.1. The number of nitrogens with one attached hydrogen (secondary N) is 3. The minimum atomic E-state index is -1.35. The van der Waals surface area contributed by atoms with Crippen LogP contribution in [0.5, 0.6) is 0 Å². The van der Waals surface area contributed by atoms with Gasteiger partial charge in [-0.1, -0.05) is 54.6 Å². The highest BCUT2D eigenvalue weighted by atomic mass is 32.1. The Kier molecular flexibility index (Phi) is 19.6. The summed E-state index contributed by atoms with van der Waals surface area (Å²) in [5, 5.41) is 19.5. The Labute approximate surface area is 446 Å². The molecule has 0 saturated carbocycles. The van der Waals surface area contributed by atoms with E-state index in [9.17, 15) is 38.4 Å². The first-order chi connectivity index (χ1) is 35.7. The van der Waals surface area contributed by atoms with Crippen LogP contribution in [0.15, 0.2) is 137 Å². The van der Waals surface area contributed by atoms with Crippen molar-refractivity contribution in [1.82, 2.24) is 0 Å². The van der Waals surface area contributed by atoms with Crippen LogP contribution in [0.4, 0.5) is 41.7 Å². The SMILES string of the molecule is CNc1cc2oc(=O)c(C(=O)OC)cc2s1.COC(=O)c1cc2sc(N(C)C(=O)Nc3ccccc3C)cc2oc1=O.Cc1ccccc1N.Cc1ccccc1NC(=O)N(C)c1cc2oc(=O)c(C(=O)O)cc2s1.[B]. The smallest absolute Gasteiger partial charge is 0.351 e. The van der Waals surface area contributed by atoms with E-state index >= 15 is 0 Å². The number of rotatable bonds is 8. The van der Waals surface area contributed by atoms with Crippen LogP contribution in [0, 0.1) is 20.8 Å². The Balaban J connectivity index is 0.000000199.